The Balaban J connectivity index is 0.000000267. The Bertz CT molecular complexity index is 1870. The number of carbonyl (C=O) groups excluding carboxylic acids is 3. The van der Waals surface area contributed by atoms with Gasteiger partial charge in [0, 0.05) is 29.6 Å². The zero-order chi connectivity index (χ0) is 33.6. The number of hydrogen-bond acceptors (Lipinski definition) is 12. The first-order chi connectivity index (χ1) is 22.0. The van der Waals surface area contributed by atoms with Crippen LogP contribution in [0.4, 0.5) is 0 Å². The minimum atomic E-state index is -0.806. The molecule has 0 saturated carbocycles. The van der Waals surface area contributed by atoms with Gasteiger partial charge in [0.25, 0.3) is 5.82 Å². The summed E-state index contributed by atoms with van der Waals surface area (Å²) in [7, 11) is 0. The molecule has 3 heterocycles. The van der Waals surface area contributed by atoms with Crippen molar-refractivity contribution in [3.8, 4) is 0 Å². The lowest BCUT2D eigenvalue weighted by molar-refractivity contribution is -0.135. The van der Waals surface area contributed by atoms with E-state index in [1.54, 1.807) is 26.2 Å². The normalized spacial score (nSPS) is 10.5. The van der Waals surface area contributed by atoms with E-state index in [0.29, 0.717) is 22.4 Å². The molecule has 0 aliphatic rings. The first kappa shape index (κ1) is 38.3. The van der Waals surface area contributed by atoms with Gasteiger partial charge in [0.2, 0.25) is 17.0 Å². The van der Waals surface area contributed by atoms with E-state index >= 15 is 0 Å². The summed E-state index contributed by atoms with van der Waals surface area (Å²) in [5.41, 5.74) is 8.35. The average Bonchev–Trinajstić information content (AvgIpc) is 3.49. The fourth-order valence-electron chi connectivity index (χ4n) is 3.71. The molecule has 47 heavy (non-hydrogen) atoms. The van der Waals surface area contributed by atoms with E-state index in [2.05, 4.69) is 30.0 Å². The number of nitrogens with two attached hydrogens (primary N) is 1. The molecule has 0 fully saturated rings. The SMILES string of the molecule is C.CCOC(=O)/C(N)=N/O.CCOC(=O)c1noc(Cc2ccc3ncc(Cl)cc3c2)n1.O=C(Cl)Cc1ccc2ncc(Cl)cc2c1. The monoisotopic (exact) mass is 704 g/mol. The number of pyridine rings is 2. The smallest absolute Gasteiger partial charge is 0.379 e. The number of hydrogen-bond donors (Lipinski definition) is 2. The van der Waals surface area contributed by atoms with Crippen molar-refractivity contribution < 1.29 is 33.6 Å². The number of halogens is 3. The van der Waals surface area contributed by atoms with Crippen molar-refractivity contribution in [2.75, 3.05) is 13.2 Å². The van der Waals surface area contributed by atoms with Crippen LogP contribution in [-0.4, -0.2) is 61.5 Å². The number of fused-ring (bicyclic) bond motifs is 2. The molecule has 0 unspecified atom stereocenters. The van der Waals surface area contributed by atoms with E-state index in [1.807, 2.05) is 48.5 Å². The molecule has 0 spiro atoms. The molecule has 16 heteroatoms. The maximum Gasteiger partial charge on any atom is 0.379 e. The van der Waals surface area contributed by atoms with Gasteiger partial charge in [-0.15, -0.1) is 0 Å². The Labute approximate surface area is 284 Å². The van der Waals surface area contributed by atoms with Gasteiger partial charge in [0.15, 0.2) is 0 Å². The number of ether oxygens (including phenoxy) is 2. The van der Waals surface area contributed by atoms with Gasteiger partial charge in [-0.05, 0) is 78.1 Å². The van der Waals surface area contributed by atoms with Crippen LogP contribution in [-0.2, 0) is 31.9 Å². The molecule has 2 aromatic carbocycles. The molecule has 0 atom stereocenters. The van der Waals surface area contributed by atoms with Crippen LogP contribution >= 0.6 is 34.8 Å². The quantitative estimate of drug-likeness (QED) is 0.0489. The fraction of sp³-hybridized carbons (Fsp3) is 0.226. The van der Waals surface area contributed by atoms with Gasteiger partial charge in [-0.3, -0.25) is 14.8 Å². The molecule has 5 aromatic rings. The van der Waals surface area contributed by atoms with Crippen LogP contribution in [0.1, 0.15) is 48.9 Å². The number of amidine groups is 1. The van der Waals surface area contributed by atoms with Gasteiger partial charge < -0.3 is 24.9 Å². The Morgan fingerprint density at radius 2 is 1.45 bits per heavy atom. The third-order valence-corrected chi connectivity index (χ3v) is 6.19. The minimum Gasteiger partial charge on any atom is -0.460 e. The summed E-state index contributed by atoms with van der Waals surface area (Å²) in [6.07, 6.45) is 3.84. The highest BCUT2D eigenvalue weighted by Crippen LogP contribution is 2.20. The lowest BCUT2D eigenvalue weighted by atomic mass is 10.1. The van der Waals surface area contributed by atoms with Gasteiger partial charge in [-0.25, -0.2) is 9.59 Å². The number of rotatable bonds is 7. The maximum absolute atomic E-state index is 11.5. The first-order valence-corrected chi connectivity index (χ1v) is 14.6. The number of oxime groups is 1. The third-order valence-electron chi connectivity index (χ3n) is 5.64. The average molecular weight is 706 g/mol. The van der Waals surface area contributed by atoms with Crippen LogP contribution < -0.4 is 5.73 Å². The highest BCUT2D eigenvalue weighted by Gasteiger charge is 2.16. The summed E-state index contributed by atoms with van der Waals surface area (Å²) in [5, 5.41) is 16.6. The van der Waals surface area contributed by atoms with Crippen LogP contribution in [0, 0.1) is 0 Å². The second kappa shape index (κ2) is 19.0. The summed E-state index contributed by atoms with van der Waals surface area (Å²) in [6.45, 7) is 3.83. The number of esters is 2. The van der Waals surface area contributed by atoms with Crippen LogP contribution in [0.15, 0.2) is 70.6 Å². The summed E-state index contributed by atoms with van der Waals surface area (Å²) >= 11 is 17.1. The zero-order valence-corrected chi connectivity index (χ0v) is 26.7. The van der Waals surface area contributed by atoms with E-state index in [1.165, 1.54) is 0 Å². The Morgan fingerprint density at radius 1 is 0.894 bits per heavy atom. The molecule has 3 N–H and O–H groups in total. The lowest BCUT2D eigenvalue weighted by Gasteiger charge is -2.01. The standard InChI is InChI=1S/C15H12ClN3O3.C11H7Cl2NO.C4H8N2O3.CH4/c1-2-21-15(20)14-18-13(22-19-14)6-9-3-4-12-10(5-9)7-11(16)8-17-12;12-9-5-8-3-7(4-11(13)15)1-2-10(8)14-6-9;1-2-9-4(7)3(5)6-8;/h3-5,7-8H,2,6H2,1H3;1-3,5-6H,4H2;8H,2H2,1H3,(H2,5,6);1H4. The molecule has 248 valence electrons. The van der Waals surface area contributed by atoms with Gasteiger partial charge in [-0.1, -0.05) is 47.9 Å². The Morgan fingerprint density at radius 3 is 1.98 bits per heavy atom. The Hall–Kier alpha value is -4.85. The molecule has 0 bridgehead atoms. The van der Waals surface area contributed by atoms with Crippen molar-refractivity contribution in [1.29, 1.82) is 0 Å². The summed E-state index contributed by atoms with van der Waals surface area (Å²) < 4.78 is 14.2. The third kappa shape index (κ3) is 12.1. The Kier molecular flexibility index (Phi) is 15.5. The van der Waals surface area contributed by atoms with E-state index in [4.69, 9.17) is 55.0 Å². The fourth-order valence-corrected chi connectivity index (χ4v) is 4.20. The summed E-state index contributed by atoms with van der Waals surface area (Å²) in [4.78, 5) is 45.0. The number of benzene rings is 2. The predicted octanol–water partition coefficient (Wildman–Crippen LogP) is 6.17. The second-order valence-corrected chi connectivity index (χ2v) is 10.3. The molecule has 3 aromatic heterocycles. The minimum absolute atomic E-state index is 0. The van der Waals surface area contributed by atoms with Crippen molar-refractivity contribution in [2.45, 2.75) is 34.1 Å². The maximum atomic E-state index is 11.5. The van der Waals surface area contributed by atoms with Gasteiger partial charge >= 0.3 is 11.9 Å². The molecular formula is C31H31Cl3N6O7. The van der Waals surface area contributed by atoms with Crippen LogP contribution in [0.2, 0.25) is 10.0 Å². The summed E-state index contributed by atoms with van der Waals surface area (Å²) in [6, 6.07) is 15.0. The van der Waals surface area contributed by atoms with Crippen molar-refractivity contribution >= 4 is 79.6 Å². The molecule has 0 saturated heterocycles. The molecule has 0 radical (unpaired) electrons. The van der Waals surface area contributed by atoms with Gasteiger partial charge in [0.1, 0.15) is 0 Å². The lowest BCUT2D eigenvalue weighted by Crippen LogP contribution is -2.25. The van der Waals surface area contributed by atoms with Crippen LogP contribution in [0.3, 0.4) is 0 Å². The van der Waals surface area contributed by atoms with Crippen molar-refractivity contribution in [3.05, 3.63) is 93.8 Å². The van der Waals surface area contributed by atoms with E-state index in [-0.39, 0.29) is 38.1 Å². The van der Waals surface area contributed by atoms with Crippen molar-refractivity contribution in [2.24, 2.45) is 10.9 Å². The molecule has 0 aliphatic heterocycles. The summed E-state index contributed by atoms with van der Waals surface area (Å²) in [5.74, 6) is -1.65. The highest BCUT2D eigenvalue weighted by atomic mass is 35.5. The first-order valence-electron chi connectivity index (χ1n) is 13.4. The largest absolute Gasteiger partial charge is 0.460 e. The van der Waals surface area contributed by atoms with Crippen molar-refractivity contribution in [3.63, 3.8) is 0 Å². The van der Waals surface area contributed by atoms with Gasteiger partial charge in [0.05, 0.1) is 40.7 Å². The molecule has 0 amide bonds. The highest BCUT2D eigenvalue weighted by molar-refractivity contribution is 6.63. The van der Waals surface area contributed by atoms with Crippen LogP contribution in [0.25, 0.3) is 21.8 Å². The van der Waals surface area contributed by atoms with Crippen LogP contribution in [0.5, 0.6) is 0 Å². The zero-order valence-electron chi connectivity index (χ0n) is 24.4. The van der Waals surface area contributed by atoms with Gasteiger partial charge in [-0.2, -0.15) is 4.98 Å². The predicted molar refractivity (Wildman–Crippen MR) is 178 cm³/mol. The van der Waals surface area contributed by atoms with E-state index in [0.717, 1.165) is 32.9 Å². The van der Waals surface area contributed by atoms with E-state index < -0.39 is 17.8 Å². The molecular weight excluding hydrogens is 675 g/mol. The van der Waals surface area contributed by atoms with E-state index in [9.17, 15) is 14.4 Å². The second-order valence-electron chi connectivity index (χ2n) is 9.01. The number of aromatic nitrogens is 4. The number of carbonyl (C=O) groups is 3. The molecule has 5 rings (SSSR count). The molecule has 0 aliphatic carbocycles. The molecule has 13 nitrogen and oxygen atoms in total. The topological polar surface area (TPSA) is 193 Å². The van der Waals surface area contributed by atoms with Crippen molar-refractivity contribution in [1.82, 2.24) is 20.1 Å². The number of nitrogens with zero attached hydrogens (tertiary/aromatic N) is 5.